The summed E-state index contributed by atoms with van der Waals surface area (Å²) in [4.78, 5) is 12.4. The monoisotopic (exact) mass is 345 g/mol. The van der Waals surface area contributed by atoms with Gasteiger partial charge in [-0.2, -0.15) is 5.10 Å². The fraction of sp³-hybridized carbons (Fsp3) is 0.474. The van der Waals surface area contributed by atoms with Gasteiger partial charge >= 0.3 is 0 Å². The topological polar surface area (TPSA) is 65.4 Å². The Morgan fingerprint density at radius 3 is 2.52 bits per heavy atom. The van der Waals surface area contributed by atoms with E-state index in [4.69, 9.17) is 9.47 Å². The van der Waals surface area contributed by atoms with Crippen LogP contribution in [0.3, 0.4) is 0 Å². The lowest BCUT2D eigenvalue weighted by Gasteiger charge is -2.13. The fourth-order valence-corrected chi connectivity index (χ4v) is 2.78. The van der Waals surface area contributed by atoms with Crippen LogP contribution in [0.2, 0.25) is 0 Å². The predicted octanol–water partition coefficient (Wildman–Crippen LogP) is 3.41. The highest BCUT2D eigenvalue weighted by molar-refractivity contribution is 5.92. The van der Waals surface area contributed by atoms with Gasteiger partial charge in [0, 0.05) is 25.2 Å². The van der Waals surface area contributed by atoms with Gasteiger partial charge in [-0.15, -0.1) is 0 Å². The van der Waals surface area contributed by atoms with Crippen LogP contribution in [0.25, 0.3) is 0 Å². The summed E-state index contributed by atoms with van der Waals surface area (Å²) in [7, 11) is 1.92. The van der Waals surface area contributed by atoms with Gasteiger partial charge in [0.15, 0.2) is 0 Å². The van der Waals surface area contributed by atoms with E-state index in [0.717, 1.165) is 17.0 Å². The summed E-state index contributed by atoms with van der Waals surface area (Å²) in [6.07, 6.45) is 1.05. The molecular weight excluding hydrogens is 318 g/mol. The Morgan fingerprint density at radius 1 is 1.20 bits per heavy atom. The van der Waals surface area contributed by atoms with Crippen molar-refractivity contribution in [1.29, 1.82) is 0 Å². The van der Waals surface area contributed by atoms with Gasteiger partial charge in [-0.05, 0) is 51.8 Å². The van der Waals surface area contributed by atoms with E-state index in [-0.39, 0.29) is 5.91 Å². The van der Waals surface area contributed by atoms with E-state index in [1.165, 1.54) is 0 Å². The molecule has 0 aliphatic heterocycles. The molecule has 0 spiro atoms. The molecule has 6 heteroatoms. The van der Waals surface area contributed by atoms with Crippen LogP contribution >= 0.6 is 0 Å². The number of ether oxygens (including phenoxy) is 2. The number of aryl methyl sites for hydroxylation is 2. The standard InChI is InChI=1S/C19H27N3O3/c1-6-24-15-8-10-18(25-7-2)17(12-15)20-19(23)11-9-16-13(3)21-22(5)14(16)4/h8,10,12H,6-7,9,11H2,1-5H3,(H,20,23). The molecular formula is C19H27N3O3. The van der Waals surface area contributed by atoms with Gasteiger partial charge in [0.25, 0.3) is 0 Å². The van der Waals surface area contributed by atoms with Crippen molar-refractivity contribution in [3.8, 4) is 11.5 Å². The minimum absolute atomic E-state index is 0.0581. The van der Waals surface area contributed by atoms with E-state index < -0.39 is 0 Å². The van der Waals surface area contributed by atoms with Crippen LogP contribution in [0.5, 0.6) is 11.5 Å². The second-order valence-corrected chi connectivity index (χ2v) is 5.85. The Hall–Kier alpha value is -2.50. The smallest absolute Gasteiger partial charge is 0.224 e. The normalized spacial score (nSPS) is 10.6. The van der Waals surface area contributed by atoms with Crippen molar-refractivity contribution in [1.82, 2.24) is 9.78 Å². The number of hydrogen-bond acceptors (Lipinski definition) is 4. The minimum atomic E-state index is -0.0581. The number of rotatable bonds is 8. The third kappa shape index (κ3) is 4.75. The van der Waals surface area contributed by atoms with E-state index >= 15 is 0 Å². The molecule has 0 bridgehead atoms. The van der Waals surface area contributed by atoms with Crippen LogP contribution in [-0.4, -0.2) is 28.9 Å². The van der Waals surface area contributed by atoms with Gasteiger partial charge in [-0.1, -0.05) is 0 Å². The molecule has 0 aliphatic rings. The molecule has 0 fully saturated rings. The maximum Gasteiger partial charge on any atom is 0.224 e. The molecule has 1 aromatic carbocycles. The molecule has 0 atom stereocenters. The summed E-state index contributed by atoms with van der Waals surface area (Å²) in [5.74, 6) is 1.30. The van der Waals surface area contributed by atoms with Gasteiger partial charge in [0.05, 0.1) is 24.6 Å². The highest BCUT2D eigenvalue weighted by Crippen LogP contribution is 2.29. The van der Waals surface area contributed by atoms with Crippen molar-refractivity contribution in [2.24, 2.45) is 7.05 Å². The largest absolute Gasteiger partial charge is 0.494 e. The van der Waals surface area contributed by atoms with Crippen molar-refractivity contribution >= 4 is 11.6 Å². The zero-order chi connectivity index (χ0) is 18.4. The summed E-state index contributed by atoms with van der Waals surface area (Å²) >= 11 is 0. The van der Waals surface area contributed by atoms with Crippen molar-refractivity contribution in [2.45, 2.75) is 40.5 Å². The summed E-state index contributed by atoms with van der Waals surface area (Å²) in [6.45, 7) is 8.93. The van der Waals surface area contributed by atoms with Crippen molar-refractivity contribution in [3.63, 3.8) is 0 Å². The first kappa shape index (κ1) is 18.8. The second kappa shape index (κ2) is 8.55. The lowest BCUT2D eigenvalue weighted by Crippen LogP contribution is -2.14. The lowest BCUT2D eigenvalue weighted by atomic mass is 10.1. The highest BCUT2D eigenvalue weighted by Gasteiger charge is 2.13. The third-order valence-corrected chi connectivity index (χ3v) is 4.10. The zero-order valence-corrected chi connectivity index (χ0v) is 15.7. The second-order valence-electron chi connectivity index (χ2n) is 5.85. The first-order chi connectivity index (χ1) is 12.0. The Balaban J connectivity index is 2.07. The zero-order valence-electron chi connectivity index (χ0n) is 15.7. The van der Waals surface area contributed by atoms with Gasteiger partial charge in [0.1, 0.15) is 11.5 Å². The number of nitrogens with zero attached hydrogens (tertiary/aromatic N) is 2. The fourth-order valence-electron chi connectivity index (χ4n) is 2.78. The average molecular weight is 345 g/mol. The van der Waals surface area contributed by atoms with Gasteiger partial charge in [-0.3, -0.25) is 9.48 Å². The Kier molecular flexibility index (Phi) is 6.44. The Morgan fingerprint density at radius 2 is 1.92 bits per heavy atom. The Labute approximate surface area is 149 Å². The summed E-state index contributed by atoms with van der Waals surface area (Å²) in [5, 5.41) is 7.33. The molecule has 136 valence electrons. The molecule has 0 saturated carbocycles. The molecule has 2 rings (SSSR count). The van der Waals surface area contributed by atoms with Crippen molar-refractivity contribution in [2.75, 3.05) is 18.5 Å². The number of aromatic nitrogens is 2. The number of hydrogen-bond donors (Lipinski definition) is 1. The van der Waals surface area contributed by atoms with Crippen LogP contribution in [0.4, 0.5) is 5.69 Å². The number of amides is 1. The molecule has 0 aliphatic carbocycles. The molecule has 2 aromatic rings. The predicted molar refractivity (Wildman–Crippen MR) is 98.4 cm³/mol. The number of nitrogens with one attached hydrogen (secondary N) is 1. The maximum absolute atomic E-state index is 12.4. The lowest BCUT2D eigenvalue weighted by molar-refractivity contribution is -0.116. The molecule has 1 N–H and O–H groups in total. The molecule has 6 nitrogen and oxygen atoms in total. The van der Waals surface area contributed by atoms with Gasteiger partial charge in [-0.25, -0.2) is 0 Å². The summed E-state index contributed by atoms with van der Waals surface area (Å²) < 4.78 is 12.9. The highest BCUT2D eigenvalue weighted by atomic mass is 16.5. The molecule has 0 saturated heterocycles. The molecule has 1 aromatic heterocycles. The third-order valence-electron chi connectivity index (χ3n) is 4.10. The number of benzene rings is 1. The van der Waals surface area contributed by atoms with Crippen LogP contribution < -0.4 is 14.8 Å². The SMILES string of the molecule is CCOc1ccc(OCC)c(NC(=O)CCc2c(C)nn(C)c2C)c1. The van der Waals surface area contributed by atoms with E-state index in [1.54, 1.807) is 6.07 Å². The number of carbonyl (C=O) groups excluding carboxylic acids is 1. The van der Waals surface area contributed by atoms with Gasteiger partial charge < -0.3 is 14.8 Å². The molecule has 0 unspecified atom stereocenters. The first-order valence-corrected chi connectivity index (χ1v) is 8.64. The molecule has 1 amide bonds. The van der Waals surface area contributed by atoms with E-state index in [9.17, 15) is 4.79 Å². The van der Waals surface area contributed by atoms with Gasteiger partial charge in [0.2, 0.25) is 5.91 Å². The Bertz CT molecular complexity index is 738. The maximum atomic E-state index is 12.4. The summed E-state index contributed by atoms with van der Waals surface area (Å²) in [5.41, 5.74) is 3.84. The van der Waals surface area contributed by atoms with Crippen LogP contribution in [0.15, 0.2) is 18.2 Å². The van der Waals surface area contributed by atoms with E-state index in [2.05, 4.69) is 10.4 Å². The average Bonchev–Trinajstić information content (AvgIpc) is 2.81. The van der Waals surface area contributed by atoms with Crippen molar-refractivity contribution < 1.29 is 14.3 Å². The van der Waals surface area contributed by atoms with E-state index in [1.807, 2.05) is 51.6 Å². The number of carbonyl (C=O) groups is 1. The quantitative estimate of drug-likeness (QED) is 0.796. The molecule has 0 radical (unpaired) electrons. The van der Waals surface area contributed by atoms with Crippen LogP contribution in [-0.2, 0) is 18.3 Å². The van der Waals surface area contributed by atoms with Crippen LogP contribution in [0.1, 0.15) is 37.2 Å². The first-order valence-electron chi connectivity index (χ1n) is 8.64. The number of anilines is 1. The van der Waals surface area contributed by atoms with Crippen molar-refractivity contribution in [3.05, 3.63) is 35.2 Å². The molecule has 25 heavy (non-hydrogen) atoms. The van der Waals surface area contributed by atoms with E-state index in [0.29, 0.717) is 43.2 Å². The summed E-state index contributed by atoms with van der Waals surface area (Å²) in [6, 6.07) is 5.46. The minimum Gasteiger partial charge on any atom is -0.494 e. The van der Waals surface area contributed by atoms with Crippen LogP contribution in [0, 0.1) is 13.8 Å². The molecule has 1 heterocycles.